The molecule has 1 saturated carbocycles. The fraction of sp³-hybridized carbons (Fsp3) is 0.875. The van der Waals surface area contributed by atoms with E-state index in [1.54, 1.807) is 27.7 Å². The first-order valence-corrected chi connectivity index (χ1v) is 8.08. The summed E-state index contributed by atoms with van der Waals surface area (Å²) in [5.74, 6) is -0.133. The quantitative estimate of drug-likeness (QED) is 0.841. The van der Waals surface area contributed by atoms with Gasteiger partial charge in [0.05, 0.1) is 0 Å². The monoisotopic (exact) mass is 298 g/mol. The fourth-order valence-electron chi connectivity index (χ4n) is 2.48. The average Bonchev–Trinajstić information content (AvgIpc) is 2.29. The number of rotatable bonds is 3. The average molecular weight is 298 g/mol. The van der Waals surface area contributed by atoms with E-state index in [0.717, 1.165) is 12.8 Å². The zero-order valence-electron chi connectivity index (χ0n) is 13.8. The zero-order valence-corrected chi connectivity index (χ0v) is 13.8. The van der Waals surface area contributed by atoms with Gasteiger partial charge in [-0.3, -0.25) is 4.79 Å². The molecule has 0 spiro atoms. The van der Waals surface area contributed by atoms with Gasteiger partial charge < -0.3 is 15.4 Å². The van der Waals surface area contributed by atoms with Crippen molar-refractivity contribution in [1.29, 1.82) is 0 Å². The van der Waals surface area contributed by atoms with Gasteiger partial charge in [-0.2, -0.15) is 0 Å². The summed E-state index contributed by atoms with van der Waals surface area (Å²) in [5, 5.41) is 5.63. The van der Waals surface area contributed by atoms with Crippen molar-refractivity contribution in [3.05, 3.63) is 0 Å². The van der Waals surface area contributed by atoms with Crippen LogP contribution in [0.4, 0.5) is 4.79 Å². The van der Waals surface area contributed by atoms with E-state index in [9.17, 15) is 9.59 Å². The first-order valence-electron chi connectivity index (χ1n) is 8.08. The van der Waals surface area contributed by atoms with E-state index in [2.05, 4.69) is 10.6 Å². The van der Waals surface area contributed by atoms with Gasteiger partial charge >= 0.3 is 6.09 Å². The lowest BCUT2D eigenvalue weighted by molar-refractivity contribution is -0.123. The molecule has 0 unspecified atom stereocenters. The first-order chi connectivity index (χ1) is 9.78. The SMILES string of the molecule is C[C@@H](NC(=O)OC(C)(C)C)C(=O)NC1CCCCCCC1. The van der Waals surface area contributed by atoms with Gasteiger partial charge in [-0.25, -0.2) is 4.79 Å². The van der Waals surface area contributed by atoms with Crippen molar-refractivity contribution in [2.45, 2.75) is 90.3 Å². The number of nitrogens with one attached hydrogen (secondary N) is 2. The second-order valence-electron chi connectivity index (χ2n) is 6.92. The molecule has 5 nitrogen and oxygen atoms in total. The van der Waals surface area contributed by atoms with E-state index < -0.39 is 17.7 Å². The summed E-state index contributed by atoms with van der Waals surface area (Å²) in [7, 11) is 0. The highest BCUT2D eigenvalue weighted by molar-refractivity contribution is 5.85. The summed E-state index contributed by atoms with van der Waals surface area (Å²) in [4.78, 5) is 23.8. The number of hydrogen-bond donors (Lipinski definition) is 2. The van der Waals surface area contributed by atoms with E-state index in [-0.39, 0.29) is 11.9 Å². The maximum atomic E-state index is 12.1. The predicted molar refractivity (Wildman–Crippen MR) is 83.1 cm³/mol. The number of carbonyl (C=O) groups is 2. The van der Waals surface area contributed by atoms with Gasteiger partial charge in [-0.15, -0.1) is 0 Å². The minimum Gasteiger partial charge on any atom is -0.444 e. The summed E-state index contributed by atoms with van der Waals surface area (Å²) in [5.41, 5.74) is -0.556. The Bertz CT molecular complexity index is 342. The minimum atomic E-state index is -0.578. The van der Waals surface area contributed by atoms with Crippen molar-refractivity contribution in [3.8, 4) is 0 Å². The molecule has 2 N–H and O–H groups in total. The Hall–Kier alpha value is -1.26. The molecule has 1 aliphatic rings. The lowest BCUT2D eigenvalue weighted by atomic mass is 9.96. The van der Waals surface area contributed by atoms with Gasteiger partial charge in [-0.05, 0) is 40.5 Å². The van der Waals surface area contributed by atoms with Crippen LogP contribution in [0.15, 0.2) is 0 Å². The van der Waals surface area contributed by atoms with E-state index in [0.29, 0.717) is 0 Å². The zero-order chi connectivity index (χ0) is 15.9. The second kappa shape index (κ2) is 8.25. The van der Waals surface area contributed by atoms with Crippen molar-refractivity contribution in [3.63, 3.8) is 0 Å². The molecular formula is C16H30N2O3. The third-order valence-corrected chi connectivity index (χ3v) is 3.58. The summed E-state index contributed by atoms with van der Waals surface area (Å²) < 4.78 is 5.15. The Kier molecular flexibility index (Phi) is 6.99. The Morgan fingerprint density at radius 3 is 2.10 bits per heavy atom. The lowest BCUT2D eigenvalue weighted by Gasteiger charge is -2.24. The Morgan fingerprint density at radius 1 is 1.05 bits per heavy atom. The van der Waals surface area contributed by atoms with Crippen LogP contribution in [0.5, 0.6) is 0 Å². The minimum absolute atomic E-state index is 0.133. The summed E-state index contributed by atoms with van der Waals surface area (Å²) in [6.07, 6.45) is 7.64. The molecule has 0 heterocycles. The normalized spacial score (nSPS) is 19.0. The van der Waals surface area contributed by atoms with E-state index in [1.807, 2.05) is 0 Å². The molecule has 1 fully saturated rings. The van der Waals surface area contributed by atoms with Gasteiger partial charge in [0, 0.05) is 6.04 Å². The van der Waals surface area contributed by atoms with E-state index in [1.165, 1.54) is 32.1 Å². The van der Waals surface area contributed by atoms with Crippen LogP contribution in [-0.4, -0.2) is 29.7 Å². The molecule has 0 aromatic rings. The second-order valence-corrected chi connectivity index (χ2v) is 6.92. The van der Waals surface area contributed by atoms with Crippen LogP contribution in [0.25, 0.3) is 0 Å². The molecule has 0 aromatic carbocycles. The van der Waals surface area contributed by atoms with Crippen molar-refractivity contribution in [1.82, 2.24) is 10.6 Å². The molecule has 0 radical (unpaired) electrons. The van der Waals surface area contributed by atoms with Crippen LogP contribution in [0.1, 0.15) is 72.6 Å². The fourth-order valence-corrected chi connectivity index (χ4v) is 2.48. The van der Waals surface area contributed by atoms with Gasteiger partial charge in [-0.1, -0.05) is 32.1 Å². The maximum Gasteiger partial charge on any atom is 0.408 e. The van der Waals surface area contributed by atoms with Gasteiger partial charge in [0.2, 0.25) is 5.91 Å². The summed E-state index contributed by atoms with van der Waals surface area (Å²) >= 11 is 0. The molecule has 1 rings (SSSR count). The number of hydrogen-bond acceptors (Lipinski definition) is 3. The highest BCUT2D eigenvalue weighted by Crippen LogP contribution is 2.17. The molecule has 0 aromatic heterocycles. The largest absolute Gasteiger partial charge is 0.444 e. The topological polar surface area (TPSA) is 67.4 Å². The van der Waals surface area contributed by atoms with Crippen LogP contribution < -0.4 is 10.6 Å². The smallest absolute Gasteiger partial charge is 0.408 e. The van der Waals surface area contributed by atoms with Gasteiger partial charge in [0.25, 0.3) is 0 Å². The third-order valence-electron chi connectivity index (χ3n) is 3.58. The van der Waals surface area contributed by atoms with Crippen LogP contribution in [0.2, 0.25) is 0 Å². The molecule has 21 heavy (non-hydrogen) atoms. The Morgan fingerprint density at radius 2 is 1.57 bits per heavy atom. The van der Waals surface area contributed by atoms with Crippen molar-refractivity contribution in [2.24, 2.45) is 0 Å². The number of carbonyl (C=O) groups excluding carboxylic acids is 2. The van der Waals surface area contributed by atoms with Gasteiger partial charge in [0.1, 0.15) is 11.6 Å². The molecule has 2 amide bonds. The first kappa shape index (κ1) is 17.8. The molecule has 5 heteroatoms. The molecule has 1 atom stereocenters. The van der Waals surface area contributed by atoms with Crippen LogP contribution in [0, 0.1) is 0 Å². The van der Waals surface area contributed by atoms with E-state index >= 15 is 0 Å². The van der Waals surface area contributed by atoms with Crippen molar-refractivity contribution < 1.29 is 14.3 Å². The highest BCUT2D eigenvalue weighted by Gasteiger charge is 2.22. The van der Waals surface area contributed by atoms with Crippen LogP contribution in [-0.2, 0) is 9.53 Å². The number of ether oxygens (including phenoxy) is 1. The third kappa shape index (κ3) is 7.93. The lowest BCUT2D eigenvalue weighted by Crippen LogP contribution is -2.49. The van der Waals surface area contributed by atoms with E-state index in [4.69, 9.17) is 4.74 Å². The molecule has 0 aliphatic heterocycles. The molecule has 1 aliphatic carbocycles. The maximum absolute atomic E-state index is 12.1. The van der Waals surface area contributed by atoms with Crippen LogP contribution in [0.3, 0.4) is 0 Å². The summed E-state index contributed by atoms with van der Waals surface area (Å²) in [6, 6.07) is -0.342. The highest BCUT2D eigenvalue weighted by atomic mass is 16.6. The van der Waals surface area contributed by atoms with Gasteiger partial charge in [0.15, 0.2) is 0 Å². The number of alkyl carbamates (subject to hydrolysis) is 1. The molecule has 122 valence electrons. The standard InChI is InChI=1S/C16H30N2O3/c1-12(17-15(20)21-16(2,3)4)14(19)18-13-10-8-6-5-7-9-11-13/h12-13H,5-11H2,1-4H3,(H,17,20)(H,18,19)/t12-/m1/s1. The van der Waals surface area contributed by atoms with Crippen molar-refractivity contribution in [2.75, 3.05) is 0 Å². The Balaban J connectivity index is 2.37. The Labute approximate surface area is 128 Å². The van der Waals surface area contributed by atoms with Crippen molar-refractivity contribution >= 4 is 12.0 Å². The molecular weight excluding hydrogens is 268 g/mol. The molecule has 0 bridgehead atoms. The predicted octanol–water partition coefficient (Wildman–Crippen LogP) is 3.13. The number of amides is 2. The summed E-state index contributed by atoms with van der Waals surface area (Å²) in [6.45, 7) is 7.08. The van der Waals surface area contributed by atoms with Crippen LogP contribution >= 0.6 is 0 Å². The molecule has 0 saturated heterocycles.